The highest BCUT2D eigenvalue weighted by atomic mass is 35.5. The summed E-state index contributed by atoms with van der Waals surface area (Å²) in [6.07, 6.45) is 0. The average Bonchev–Trinajstić information content (AvgIpc) is 2.76. The van der Waals surface area contributed by atoms with E-state index in [9.17, 15) is 4.79 Å². The highest BCUT2D eigenvalue weighted by Gasteiger charge is 2.10. The Hall–Kier alpha value is -2.11. The van der Waals surface area contributed by atoms with Crippen molar-refractivity contribution in [2.24, 2.45) is 0 Å². The second-order valence-corrected chi connectivity index (χ2v) is 5.09. The number of carbonyl (C=O) groups is 1. The molecule has 0 aliphatic rings. The van der Waals surface area contributed by atoms with Crippen molar-refractivity contribution in [2.75, 3.05) is 5.32 Å². The van der Waals surface area contributed by atoms with Crippen LogP contribution in [0.2, 0.25) is 10.6 Å². The van der Waals surface area contributed by atoms with E-state index in [0.29, 0.717) is 5.69 Å². The molecule has 2 aromatic carbocycles. The van der Waals surface area contributed by atoms with Crippen molar-refractivity contribution in [3.63, 3.8) is 0 Å². The summed E-state index contributed by atoms with van der Waals surface area (Å²) in [6.45, 7) is -0.0502. The van der Waals surface area contributed by atoms with Crippen LogP contribution in [0, 0.1) is 0 Å². The van der Waals surface area contributed by atoms with Gasteiger partial charge < -0.3 is 5.32 Å². The topological polar surface area (TPSA) is 59.8 Å². The number of hydrogen-bond donors (Lipinski definition) is 1. The minimum absolute atomic E-state index is 0.0125. The van der Waals surface area contributed by atoms with Crippen LogP contribution in [-0.2, 0) is 11.3 Å². The van der Waals surface area contributed by atoms with E-state index in [0.717, 1.165) is 10.8 Å². The Bertz CT molecular complexity index is 816. The molecule has 0 radical (unpaired) electrons. The minimum atomic E-state index is -0.256. The first-order valence-electron chi connectivity index (χ1n) is 6.16. The third-order valence-electron chi connectivity index (χ3n) is 2.93. The average molecular weight is 321 g/mol. The fourth-order valence-electron chi connectivity index (χ4n) is 2.00. The van der Waals surface area contributed by atoms with Crippen LogP contribution >= 0.6 is 23.2 Å². The number of hydrogen-bond acceptors (Lipinski definition) is 3. The molecule has 0 aliphatic heterocycles. The van der Waals surface area contributed by atoms with Crippen LogP contribution in [0.1, 0.15) is 0 Å². The molecule has 0 fully saturated rings. The molecule has 1 amide bonds. The first-order valence-corrected chi connectivity index (χ1v) is 6.92. The van der Waals surface area contributed by atoms with Crippen LogP contribution in [0.3, 0.4) is 0 Å². The summed E-state index contributed by atoms with van der Waals surface area (Å²) in [6, 6.07) is 13.6. The first-order chi connectivity index (χ1) is 10.1. The molecule has 7 heteroatoms. The molecule has 0 bridgehead atoms. The van der Waals surface area contributed by atoms with Gasteiger partial charge in [-0.15, -0.1) is 5.10 Å². The number of anilines is 1. The van der Waals surface area contributed by atoms with Crippen LogP contribution < -0.4 is 5.32 Å². The van der Waals surface area contributed by atoms with Crippen LogP contribution in [0.4, 0.5) is 5.69 Å². The van der Waals surface area contributed by atoms with E-state index in [1.165, 1.54) is 4.68 Å². The maximum Gasteiger partial charge on any atom is 0.246 e. The van der Waals surface area contributed by atoms with Gasteiger partial charge in [0.15, 0.2) is 0 Å². The lowest BCUT2D eigenvalue weighted by atomic mass is 10.1. The lowest BCUT2D eigenvalue weighted by Crippen LogP contribution is -2.19. The van der Waals surface area contributed by atoms with Crippen molar-refractivity contribution in [1.82, 2.24) is 14.8 Å². The Kier molecular flexibility index (Phi) is 3.77. The molecule has 0 unspecified atom stereocenters. The van der Waals surface area contributed by atoms with Crippen LogP contribution in [0.5, 0.6) is 0 Å². The number of rotatable bonds is 3. The maximum atomic E-state index is 12.0. The molecule has 3 aromatic rings. The van der Waals surface area contributed by atoms with Crippen molar-refractivity contribution >= 4 is 45.6 Å². The normalized spacial score (nSPS) is 10.8. The predicted octanol–water partition coefficient (Wildman–Crippen LogP) is 3.38. The molecular weight excluding hydrogens is 311 g/mol. The van der Waals surface area contributed by atoms with Crippen molar-refractivity contribution in [3.05, 3.63) is 53.0 Å². The largest absolute Gasteiger partial charge is 0.324 e. The first kappa shape index (κ1) is 13.9. The summed E-state index contributed by atoms with van der Waals surface area (Å²) in [7, 11) is 0. The van der Waals surface area contributed by atoms with Crippen LogP contribution in [0.15, 0.2) is 42.5 Å². The third kappa shape index (κ3) is 3.15. The number of nitrogens with zero attached hydrogens (tertiary/aromatic N) is 3. The number of carbonyl (C=O) groups excluding carboxylic acids is 1. The van der Waals surface area contributed by atoms with Gasteiger partial charge in [0.2, 0.25) is 16.5 Å². The number of aromatic nitrogens is 3. The van der Waals surface area contributed by atoms with Gasteiger partial charge in [-0.1, -0.05) is 30.3 Å². The van der Waals surface area contributed by atoms with Gasteiger partial charge in [0.25, 0.3) is 0 Å². The van der Waals surface area contributed by atoms with Crippen molar-refractivity contribution in [2.45, 2.75) is 6.54 Å². The minimum Gasteiger partial charge on any atom is -0.324 e. The molecule has 21 heavy (non-hydrogen) atoms. The monoisotopic (exact) mass is 320 g/mol. The summed E-state index contributed by atoms with van der Waals surface area (Å²) in [5.41, 5.74) is 0.709. The van der Waals surface area contributed by atoms with Gasteiger partial charge in [0.05, 0.1) is 0 Å². The molecule has 1 aromatic heterocycles. The predicted molar refractivity (Wildman–Crippen MR) is 82.6 cm³/mol. The van der Waals surface area contributed by atoms with E-state index in [-0.39, 0.29) is 23.0 Å². The molecule has 3 rings (SSSR count). The van der Waals surface area contributed by atoms with E-state index >= 15 is 0 Å². The summed E-state index contributed by atoms with van der Waals surface area (Å²) in [5, 5.41) is 8.87. The molecule has 0 spiro atoms. The third-order valence-corrected chi connectivity index (χ3v) is 3.37. The Morgan fingerprint density at radius 3 is 2.62 bits per heavy atom. The lowest BCUT2D eigenvalue weighted by molar-refractivity contribution is -0.116. The van der Waals surface area contributed by atoms with E-state index in [4.69, 9.17) is 23.2 Å². The molecule has 1 heterocycles. The van der Waals surface area contributed by atoms with Gasteiger partial charge in [-0.3, -0.25) is 4.79 Å². The number of fused-ring (bicyclic) bond motifs is 1. The van der Waals surface area contributed by atoms with Gasteiger partial charge in [0, 0.05) is 5.69 Å². The highest BCUT2D eigenvalue weighted by Crippen LogP contribution is 2.19. The quantitative estimate of drug-likeness (QED) is 0.804. The summed E-state index contributed by atoms with van der Waals surface area (Å²) < 4.78 is 1.24. The van der Waals surface area contributed by atoms with Gasteiger partial charge in [-0.05, 0) is 46.1 Å². The zero-order chi connectivity index (χ0) is 14.8. The van der Waals surface area contributed by atoms with Crippen molar-refractivity contribution < 1.29 is 4.79 Å². The number of benzene rings is 2. The summed E-state index contributed by atoms with van der Waals surface area (Å²) >= 11 is 11.4. The standard InChI is InChI=1S/C14H10Cl2N4O/c15-13-18-14(16)20(19-13)8-12(21)17-11-6-5-9-3-1-2-4-10(9)7-11/h1-7H,8H2,(H,17,21). The van der Waals surface area contributed by atoms with Gasteiger partial charge in [-0.25, -0.2) is 4.68 Å². The Balaban J connectivity index is 1.75. The maximum absolute atomic E-state index is 12.0. The fraction of sp³-hybridized carbons (Fsp3) is 0.0714. The molecule has 0 atom stereocenters. The van der Waals surface area contributed by atoms with Crippen LogP contribution in [-0.4, -0.2) is 20.7 Å². The molecular formula is C14H10Cl2N4O. The Morgan fingerprint density at radius 2 is 1.90 bits per heavy atom. The second kappa shape index (κ2) is 5.71. The SMILES string of the molecule is O=C(Cn1nc(Cl)nc1Cl)Nc1ccc2ccccc2c1. The lowest BCUT2D eigenvalue weighted by Gasteiger charge is -2.07. The Morgan fingerprint density at radius 1 is 1.14 bits per heavy atom. The molecule has 0 saturated heterocycles. The van der Waals surface area contributed by atoms with Crippen molar-refractivity contribution in [1.29, 1.82) is 0 Å². The van der Waals surface area contributed by atoms with Crippen LogP contribution in [0.25, 0.3) is 10.8 Å². The molecule has 0 saturated carbocycles. The molecule has 5 nitrogen and oxygen atoms in total. The van der Waals surface area contributed by atoms with E-state index < -0.39 is 0 Å². The Labute approximate surface area is 130 Å². The zero-order valence-corrected chi connectivity index (χ0v) is 12.3. The highest BCUT2D eigenvalue weighted by molar-refractivity contribution is 6.31. The van der Waals surface area contributed by atoms with E-state index in [1.54, 1.807) is 0 Å². The smallest absolute Gasteiger partial charge is 0.246 e. The molecule has 1 N–H and O–H groups in total. The summed E-state index contributed by atoms with van der Waals surface area (Å²) in [5.74, 6) is -0.256. The number of halogens is 2. The van der Waals surface area contributed by atoms with Gasteiger partial charge in [0.1, 0.15) is 6.54 Å². The summed E-state index contributed by atoms with van der Waals surface area (Å²) in [4.78, 5) is 15.7. The van der Waals surface area contributed by atoms with Crippen molar-refractivity contribution in [3.8, 4) is 0 Å². The van der Waals surface area contributed by atoms with E-state index in [1.807, 2.05) is 42.5 Å². The van der Waals surface area contributed by atoms with E-state index in [2.05, 4.69) is 15.4 Å². The number of nitrogens with one attached hydrogen (secondary N) is 1. The second-order valence-electron chi connectivity index (χ2n) is 4.42. The number of amides is 1. The fourth-order valence-corrected chi connectivity index (χ4v) is 2.39. The van der Waals surface area contributed by atoms with Gasteiger partial charge >= 0.3 is 0 Å². The molecule has 106 valence electrons. The molecule has 0 aliphatic carbocycles. The van der Waals surface area contributed by atoms with Gasteiger partial charge in [-0.2, -0.15) is 4.98 Å². The zero-order valence-electron chi connectivity index (χ0n) is 10.8.